The normalized spacial score (nSPS) is 12.1. The van der Waals surface area contributed by atoms with Gasteiger partial charge in [-0.05, 0) is 24.6 Å². The zero-order valence-electron chi connectivity index (χ0n) is 8.07. The summed E-state index contributed by atoms with van der Waals surface area (Å²) in [7, 11) is 0. The smallest absolute Gasteiger partial charge is 0.197 e. The van der Waals surface area contributed by atoms with Gasteiger partial charge in [-0.3, -0.25) is 0 Å². The van der Waals surface area contributed by atoms with Crippen LogP contribution in [-0.2, 0) is 4.74 Å². The first-order valence-electron chi connectivity index (χ1n) is 4.33. The van der Waals surface area contributed by atoms with E-state index in [1.807, 2.05) is 31.2 Å². The van der Waals surface area contributed by atoms with Gasteiger partial charge in [0.05, 0.1) is 0 Å². The molecule has 0 spiro atoms. The summed E-state index contributed by atoms with van der Waals surface area (Å²) in [4.78, 5) is 0. The molecule has 0 N–H and O–H groups in total. The molecule has 0 aromatic heterocycles. The molecule has 76 valence electrons. The number of alkyl halides is 1. The lowest BCUT2D eigenvalue weighted by Crippen LogP contribution is -2.15. The van der Waals surface area contributed by atoms with Gasteiger partial charge in [-0.2, -0.15) is 0 Å². The molecule has 0 aliphatic carbocycles. The number of rotatable bonds is 5. The number of hydrogen-bond acceptors (Lipinski definition) is 2. The van der Waals surface area contributed by atoms with E-state index in [0.29, 0.717) is 4.61 Å². The Morgan fingerprint density at radius 2 is 2.07 bits per heavy atom. The first kappa shape index (κ1) is 11.5. The molecule has 0 radical (unpaired) electrons. The lowest BCUT2D eigenvalue weighted by Gasteiger charge is -2.13. The van der Waals surface area contributed by atoms with Crippen molar-refractivity contribution in [3.8, 4) is 5.75 Å². The molecule has 0 aliphatic heterocycles. The van der Waals surface area contributed by atoms with E-state index in [-0.39, 0.29) is 6.29 Å². The van der Waals surface area contributed by atoms with Crippen LogP contribution >= 0.6 is 22.6 Å². The molecule has 0 heterocycles. The molecule has 0 fully saturated rings. The van der Waals surface area contributed by atoms with Gasteiger partial charge in [-0.15, -0.1) is 0 Å². The maximum absolute atomic E-state index is 5.49. The van der Waals surface area contributed by atoms with Gasteiger partial charge in [0.25, 0.3) is 0 Å². The van der Waals surface area contributed by atoms with Crippen LogP contribution in [0.2, 0.25) is 0 Å². The fourth-order valence-corrected chi connectivity index (χ4v) is 1.50. The number of benzene rings is 1. The molecule has 0 aliphatic rings. The molecular weight excluding hydrogens is 291 g/mol. The zero-order valence-corrected chi connectivity index (χ0v) is 10.2. The summed E-state index contributed by atoms with van der Waals surface area (Å²) in [6.45, 7) is 5.56. The van der Waals surface area contributed by atoms with Crippen molar-refractivity contribution in [2.75, 3.05) is 4.61 Å². The van der Waals surface area contributed by atoms with Crippen LogP contribution in [0.1, 0.15) is 12.5 Å². The van der Waals surface area contributed by atoms with E-state index in [0.717, 1.165) is 11.3 Å². The maximum Gasteiger partial charge on any atom is 0.197 e. The van der Waals surface area contributed by atoms with E-state index in [4.69, 9.17) is 9.47 Å². The predicted octanol–water partition coefficient (Wildman–Crippen LogP) is 3.46. The SMILES string of the molecule is C=Cc1ccc(OC(C)OCI)cc1. The molecule has 1 aromatic carbocycles. The average molecular weight is 304 g/mol. The van der Waals surface area contributed by atoms with Gasteiger partial charge in [0.2, 0.25) is 0 Å². The Labute approximate surface area is 98.1 Å². The van der Waals surface area contributed by atoms with Crippen LogP contribution in [0.25, 0.3) is 6.08 Å². The molecule has 1 atom stereocenters. The third kappa shape index (κ3) is 3.67. The molecular formula is C11H13IO2. The van der Waals surface area contributed by atoms with E-state index in [2.05, 4.69) is 29.2 Å². The van der Waals surface area contributed by atoms with Crippen molar-refractivity contribution >= 4 is 28.7 Å². The van der Waals surface area contributed by atoms with Crippen LogP contribution < -0.4 is 4.74 Å². The molecule has 2 nitrogen and oxygen atoms in total. The highest BCUT2D eigenvalue weighted by molar-refractivity contribution is 14.1. The second-order valence-electron chi connectivity index (χ2n) is 2.73. The second kappa shape index (κ2) is 6.03. The summed E-state index contributed by atoms with van der Waals surface area (Å²) in [5, 5.41) is 0. The minimum atomic E-state index is -0.207. The summed E-state index contributed by atoms with van der Waals surface area (Å²) in [6, 6.07) is 7.73. The monoisotopic (exact) mass is 304 g/mol. The third-order valence-corrected chi connectivity index (χ3v) is 2.08. The Kier molecular flexibility index (Phi) is 4.97. The average Bonchev–Trinajstić information content (AvgIpc) is 2.19. The minimum absolute atomic E-state index is 0.207. The van der Waals surface area contributed by atoms with Gasteiger partial charge in [-0.25, -0.2) is 0 Å². The Morgan fingerprint density at radius 3 is 2.57 bits per heavy atom. The van der Waals surface area contributed by atoms with E-state index in [9.17, 15) is 0 Å². The molecule has 1 rings (SSSR count). The molecule has 0 amide bonds. The van der Waals surface area contributed by atoms with Crippen LogP contribution in [0.3, 0.4) is 0 Å². The molecule has 0 saturated heterocycles. The Hall–Kier alpha value is -0.550. The van der Waals surface area contributed by atoms with Gasteiger partial charge >= 0.3 is 0 Å². The molecule has 1 unspecified atom stereocenters. The molecule has 0 bridgehead atoms. The van der Waals surface area contributed by atoms with Crippen LogP contribution in [0.4, 0.5) is 0 Å². The maximum atomic E-state index is 5.49. The summed E-state index contributed by atoms with van der Waals surface area (Å²) in [5.41, 5.74) is 1.08. The summed E-state index contributed by atoms with van der Waals surface area (Å²) in [6.07, 6.45) is 1.59. The number of halogens is 1. The standard InChI is InChI=1S/C11H13IO2/c1-3-10-4-6-11(7-5-10)14-9(2)13-8-12/h3-7,9H,1,8H2,2H3. The van der Waals surface area contributed by atoms with Gasteiger partial charge < -0.3 is 9.47 Å². The van der Waals surface area contributed by atoms with Gasteiger partial charge in [0.1, 0.15) is 10.4 Å². The van der Waals surface area contributed by atoms with Crippen molar-refractivity contribution in [1.82, 2.24) is 0 Å². The van der Waals surface area contributed by atoms with E-state index < -0.39 is 0 Å². The van der Waals surface area contributed by atoms with E-state index in [1.165, 1.54) is 0 Å². The van der Waals surface area contributed by atoms with Crippen molar-refractivity contribution in [3.63, 3.8) is 0 Å². The highest BCUT2D eigenvalue weighted by Gasteiger charge is 2.01. The van der Waals surface area contributed by atoms with Gasteiger partial charge in [0.15, 0.2) is 6.29 Å². The third-order valence-electron chi connectivity index (χ3n) is 1.72. The van der Waals surface area contributed by atoms with E-state index in [1.54, 1.807) is 6.08 Å². The molecule has 14 heavy (non-hydrogen) atoms. The molecule has 1 aromatic rings. The fourth-order valence-electron chi connectivity index (χ4n) is 0.997. The first-order chi connectivity index (χ1) is 6.76. The molecule has 3 heteroatoms. The van der Waals surface area contributed by atoms with Crippen LogP contribution in [-0.4, -0.2) is 10.9 Å². The van der Waals surface area contributed by atoms with Crippen LogP contribution in [0.15, 0.2) is 30.8 Å². The van der Waals surface area contributed by atoms with Gasteiger partial charge in [0, 0.05) is 0 Å². The Morgan fingerprint density at radius 1 is 1.43 bits per heavy atom. The Bertz CT molecular complexity index is 282. The topological polar surface area (TPSA) is 18.5 Å². The quantitative estimate of drug-likeness (QED) is 0.471. The van der Waals surface area contributed by atoms with Crippen molar-refractivity contribution in [2.24, 2.45) is 0 Å². The summed E-state index contributed by atoms with van der Waals surface area (Å²) in [5.74, 6) is 0.813. The first-order valence-corrected chi connectivity index (χ1v) is 5.85. The summed E-state index contributed by atoms with van der Waals surface area (Å²) >= 11 is 2.14. The number of hydrogen-bond donors (Lipinski definition) is 0. The lowest BCUT2D eigenvalue weighted by molar-refractivity contribution is -0.0419. The zero-order chi connectivity index (χ0) is 10.4. The highest BCUT2D eigenvalue weighted by Crippen LogP contribution is 2.14. The second-order valence-corrected chi connectivity index (χ2v) is 3.36. The van der Waals surface area contributed by atoms with Crippen molar-refractivity contribution in [2.45, 2.75) is 13.2 Å². The number of ether oxygens (including phenoxy) is 2. The highest BCUT2D eigenvalue weighted by atomic mass is 127. The summed E-state index contributed by atoms with van der Waals surface area (Å²) < 4.78 is 11.4. The van der Waals surface area contributed by atoms with Crippen molar-refractivity contribution in [1.29, 1.82) is 0 Å². The van der Waals surface area contributed by atoms with Gasteiger partial charge in [-0.1, -0.05) is 47.4 Å². The fraction of sp³-hybridized carbons (Fsp3) is 0.273. The van der Waals surface area contributed by atoms with Crippen molar-refractivity contribution < 1.29 is 9.47 Å². The van der Waals surface area contributed by atoms with Crippen LogP contribution in [0, 0.1) is 0 Å². The largest absolute Gasteiger partial charge is 0.465 e. The predicted molar refractivity (Wildman–Crippen MR) is 66.6 cm³/mol. The van der Waals surface area contributed by atoms with Crippen molar-refractivity contribution in [3.05, 3.63) is 36.4 Å². The molecule has 0 saturated carbocycles. The van der Waals surface area contributed by atoms with E-state index >= 15 is 0 Å². The lowest BCUT2D eigenvalue weighted by atomic mass is 10.2. The van der Waals surface area contributed by atoms with Crippen LogP contribution in [0.5, 0.6) is 5.75 Å². The minimum Gasteiger partial charge on any atom is -0.465 e. The Balaban J connectivity index is 2.55.